The maximum absolute atomic E-state index is 8.43. The van der Waals surface area contributed by atoms with Gasteiger partial charge in [0.1, 0.15) is 0 Å². The number of nitrogens with one attached hydrogen (secondary N) is 1. The van der Waals surface area contributed by atoms with Gasteiger partial charge in [0, 0.05) is 12.1 Å². The number of aliphatic hydroxyl groups excluding tert-OH is 1. The lowest BCUT2D eigenvalue weighted by molar-refractivity contribution is 0.0863. The normalized spacial score (nSPS) is 12.0. The lowest BCUT2D eigenvalue weighted by Gasteiger charge is -2.20. The Bertz CT molecular complexity index is 88.6. The van der Waals surface area contributed by atoms with Gasteiger partial charge >= 0.3 is 0 Å². The van der Waals surface area contributed by atoms with Gasteiger partial charge in [-0.05, 0) is 27.2 Å². The molecule has 2 N–H and O–H groups in total. The lowest BCUT2D eigenvalue weighted by Crippen LogP contribution is -2.37. The Morgan fingerprint density at radius 1 is 1.36 bits per heavy atom. The van der Waals surface area contributed by atoms with Gasteiger partial charge in [-0.3, -0.25) is 5.32 Å². The minimum Gasteiger partial charge on any atom is -0.396 e. The van der Waals surface area contributed by atoms with Crippen LogP contribution < -0.4 is 5.32 Å². The zero-order valence-corrected chi connectivity index (χ0v) is 7.68. The van der Waals surface area contributed by atoms with Crippen molar-refractivity contribution >= 4 is 0 Å². The molecule has 0 aromatic heterocycles. The molecule has 0 bridgehead atoms. The summed E-state index contributed by atoms with van der Waals surface area (Å²) in [6.07, 6.45) is 0.714. The summed E-state index contributed by atoms with van der Waals surface area (Å²) in [5, 5.41) is 11.6. The zero-order valence-electron chi connectivity index (χ0n) is 7.68. The van der Waals surface area contributed by atoms with Gasteiger partial charge in [-0.15, -0.1) is 0 Å². The van der Waals surface area contributed by atoms with Gasteiger partial charge in [0.05, 0.1) is 13.3 Å². The molecule has 11 heavy (non-hydrogen) atoms. The fraction of sp³-hybridized carbons (Fsp3) is 1.00. The van der Waals surface area contributed by atoms with Crippen molar-refractivity contribution in [1.29, 1.82) is 0 Å². The van der Waals surface area contributed by atoms with E-state index in [1.807, 2.05) is 0 Å². The molecule has 0 spiro atoms. The Morgan fingerprint density at radius 3 is 2.45 bits per heavy atom. The van der Waals surface area contributed by atoms with E-state index in [4.69, 9.17) is 9.84 Å². The second kappa shape index (κ2) is 5.52. The molecule has 0 rings (SSSR count). The molecule has 0 amide bonds. The summed E-state index contributed by atoms with van der Waals surface area (Å²) in [6, 6.07) is 0. The first-order chi connectivity index (χ1) is 5.06. The van der Waals surface area contributed by atoms with Gasteiger partial charge in [-0.1, -0.05) is 0 Å². The Kier molecular flexibility index (Phi) is 5.46. The third kappa shape index (κ3) is 9.88. The van der Waals surface area contributed by atoms with Crippen molar-refractivity contribution in [1.82, 2.24) is 5.32 Å². The Hall–Kier alpha value is -0.120. The Morgan fingerprint density at radius 2 is 2.00 bits per heavy atom. The van der Waals surface area contributed by atoms with Crippen molar-refractivity contribution in [3.05, 3.63) is 0 Å². The van der Waals surface area contributed by atoms with Gasteiger partial charge in [0.2, 0.25) is 0 Å². The van der Waals surface area contributed by atoms with Crippen LogP contribution in [-0.2, 0) is 4.74 Å². The van der Waals surface area contributed by atoms with Crippen LogP contribution in [0.3, 0.4) is 0 Å². The van der Waals surface area contributed by atoms with E-state index >= 15 is 0 Å². The summed E-state index contributed by atoms with van der Waals surface area (Å²) in [5.74, 6) is 0. The highest BCUT2D eigenvalue weighted by atomic mass is 16.5. The highest BCUT2D eigenvalue weighted by Crippen LogP contribution is 1.96. The molecule has 0 heterocycles. The molecule has 3 heteroatoms. The third-order valence-corrected chi connectivity index (χ3v) is 1.15. The molecule has 0 unspecified atom stereocenters. The van der Waals surface area contributed by atoms with Crippen molar-refractivity contribution in [3.63, 3.8) is 0 Å². The van der Waals surface area contributed by atoms with Crippen molar-refractivity contribution in [2.45, 2.75) is 32.7 Å². The Labute approximate surface area is 68.8 Å². The summed E-state index contributed by atoms with van der Waals surface area (Å²) in [4.78, 5) is 0. The van der Waals surface area contributed by atoms with Crippen LogP contribution in [0, 0.1) is 0 Å². The van der Waals surface area contributed by atoms with Crippen LogP contribution in [0.25, 0.3) is 0 Å². The summed E-state index contributed by atoms with van der Waals surface area (Å²) in [5.41, 5.74) is 0.110. The minimum atomic E-state index is 0.110. The molecule has 0 aliphatic rings. The predicted octanol–water partition coefficient (Wildman–Crippen LogP) is 0.731. The average Bonchev–Trinajstić information content (AvgIpc) is 1.85. The van der Waals surface area contributed by atoms with Crippen LogP contribution in [0.4, 0.5) is 0 Å². The molecule has 0 aromatic carbocycles. The van der Waals surface area contributed by atoms with E-state index in [-0.39, 0.29) is 12.1 Å². The number of hydrogen-bond acceptors (Lipinski definition) is 3. The van der Waals surface area contributed by atoms with Crippen LogP contribution >= 0.6 is 0 Å². The fourth-order valence-electron chi connectivity index (χ4n) is 0.506. The van der Waals surface area contributed by atoms with E-state index in [0.717, 1.165) is 0 Å². The lowest BCUT2D eigenvalue weighted by atomic mass is 10.1. The topological polar surface area (TPSA) is 41.5 Å². The first kappa shape index (κ1) is 10.9. The van der Waals surface area contributed by atoms with Crippen molar-refractivity contribution < 1.29 is 9.84 Å². The van der Waals surface area contributed by atoms with Crippen LogP contribution in [0.5, 0.6) is 0 Å². The fourth-order valence-corrected chi connectivity index (χ4v) is 0.506. The van der Waals surface area contributed by atoms with Crippen molar-refractivity contribution in [2.75, 3.05) is 19.9 Å². The first-order valence-electron chi connectivity index (χ1n) is 4.00. The molecule has 0 saturated heterocycles. The summed E-state index contributed by atoms with van der Waals surface area (Å²) in [7, 11) is 0. The second-order valence-corrected chi connectivity index (χ2v) is 3.56. The molecule has 0 fully saturated rings. The zero-order chi connectivity index (χ0) is 8.74. The molecule has 0 atom stereocenters. The van der Waals surface area contributed by atoms with E-state index in [1.54, 1.807) is 0 Å². The molecular formula is C8H19NO2. The standard InChI is InChI=1S/C8H19NO2/c1-8(2,3)9-7-11-6-4-5-10/h9-10H,4-7H2,1-3H3. The molecule has 0 radical (unpaired) electrons. The molecule has 3 nitrogen and oxygen atoms in total. The summed E-state index contributed by atoms with van der Waals surface area (Å²) >= 11 is 0. The van der Waals surface area contributed by atoms with E-state index in [0.29, 0.717) is 19.8 Å². The van der Waals surface area contributed by atoms with Crippen molar-refractivity contribution in [2.24, 2.45) is 0 Å². The van der Waals surface area contributed by atoms with Crippen LogP contribution in [0.2, 0.25) is 0 Å². The molecule has 0 aromatic rings. The number of aliphatic hydroxyl groups is 1. The second-order valence-electron chi connectivity index (χ2n) is 3.56. The predicted molar refractivity (Wildman–Crippen MR) is 45.4 cm³/mol. The van der Waals surface area contributed by atoms with Gasteiger partial charge in [-0.2, -0.15) is 0 Å². The average molecular weight is 161 g/mol. The van der Waals surface area contributed by atoms with Gasteiger partial charge < -0.3 is 9.84 Å². The number of rotatable bonds is 5. The monoisotopic (exact) mass is 161 g/mol. The van der Waals surface area contributed by atoms with Crippen molar-refractivity contribution in [3.8, 4) is 0 Å². The molecule has 68 valence electrons. The minimum absolute atomic E-state index is 0.110. The largest absolute Gasteiger partial charge is 0.396 e. The molecular weight excluding hydrogens is 142 g/mol. The van der Waals surface area contributed by atoms with E-state index < -0.39 is 0 Å². The van der Waals surface area contributed by atoms with E-state index in [2.05, 4.69) is 26.1 Å². The smallest absolute Gasteiger partial charge is 0.0969 e. The van der Waals surface area contributed by atoms with Crippen LogP contribution in [0.1, 0.15) is 27.2 Å². The Balaban J connectivity index is 3.02. The summed E-state index contributed by atoms with van der Waals surface area (Å²) in [6.45, 7) is 7.64. The highest BCUT2D eigenvalue weighted by molar-refractivity contribution is 4.67. The first-order valence-corrected chi connectivity index (χ1v) is 4.00. The van der Waals surface area contributed by atoms with Crippen LogP contribution in [0.15, 0.2) is 0 Å². The molecule has 0 saturated carbocycles. The highest BCUT2D eigenvalue weighted by Gasteiger charge is 2.06. The molecule has 0 aliphatic heterocycles. The quantitative estimate of drug-likeness (QED) is 0.461. The van der Waals surface area contributed by atoms with E-state index in [1.165, 1.54) is 0 Å². The van der Waals surface area contributed by atoms with Gasteiger partial charge in [0.15, 0.2) is 0 Å². The van der Waals surface area contributed by atoms with Gasteiger partial charge in [-0.25, -0.2) is 0 Å². The number of ether oxygens (including phenoxy) is 1. The third-order valence-electron chi connectivity index (χ3n) is 1.15. The maximum Gasteiger partial charge on any atom is 0.0969 e. The maximum atomic E-state index is 8.43. The molecule has 0 aliphatic carbocycles. The van der Waals surface area contributed by atoms with Crippen LogP contribution in [-0.4, -0.2) is 30.6 Å². The number of hydrogen-bond donors (Lipinski definition) is 2. The van der Waals surface area contributed by atoms with Gasteiger partial charge in [0.25, 0.3) is 0 Å². The SMILES string of the molecule is CC(C)(C)NCOCCCO. The van der Waals surface area contributed by atoms with E-state index in [9.17, 15) is 0 Å². The summed E-state index contributed by atoms with van der Waals surface area (Å²) < 4.78 is 5.18.